The number of anilines is 2. The van der Waals surface area contributed by atoms with E-state index >= 15 is 0 Å². The minimum atomic E-state index is -2.64. The van der Waals surface area contributed by atoms with Crippen LogP contribution in [0.5, 0.6) is 0 Å². The Morgan fingerprint density at radius 3 is 2.56 bits per heavy atom. The van der Waals surface area contributed by atoms with Crippen LogP contribution in [-0.4, -0.2) is 38.0 Å². The molecular formula is C25H22F2N6O. The van der Waals surface area contributed by atoms with Gasteiger partial charge in [-0.15, -0.1) is 0 Å². The number of halogens is 2. The van der Waals surface area contributed by atoms with Crippen LogP contribution in [0.3, 0.4) is 0 Å². The van der Waals surface area contributed by atoms with Crippen molar-refractivity contribution in [2.24, 2.45) is 5.92 Å². The number of nitrogens with zero attached hydrogens (tertiary/aromatic N) is 4. The van der Waals surface area contributed by atoms with Crippen LogP contribution in [0.2, 0.25) is 0 Å². The molecule has 2 aliphatic rings. The maximum absolute atomic E-state index is 13.6. The third kappa shape index (κ3) is 2.92. The van der Waals surface area contributed by atoms with Crippen LogP contribution in [0.1, 0.15) is 24.5 Å². The molecule has 0 saturated heterocycles. The number of carbonyl (C=O) groups is 1. The molecule has 1 saturated carbocycles. The van der Waals surface area contributed by atoms with Crippen LogP contribution in [0.25, 0.3) is 22.4 Å². The summed E-state index contributed by atoms with van der Waals surface area (Å²) in [4.78, 5) is 21.3. The zero-order chi connectivity index (χ0) is 23.7. The molecule has 1 aliphatic carbocycles. The lowest BCUT2D eigenvalue weighted by molar-refractivity contribution is -0.109. The van der Waals surface area contributed by atoms with Crippen molar-refractivity contribution < 1.29 is 13.6 Å². The summed E-state index contributed by atoms with van der Waals surface area (Å²) in [5.74, 6) is -2.37. The number of nitrogen functional groups attached to an aromatic ring is 1. The zero-order valence-electron chi connectivity index (χ0n) is 18.4. The maximum Gasteiger partial charge on any atom is 0.253 e. The number of aldehydes is 1. The van der Waals surface area contributed by atoms with Crippen molar-refractivity contribution in [3.8, 4) is 11.5 Å². The van der Waals surface area contributed by atoms with Crippen molar-refractivity contribution in [1.82, 2.24) is 19.7 Å². The number of nitrogens with one attached hydrogen (secondary N) is 1. The number of benzene rings is 2. The highest BCUT2D eigenvalue weighted by Crippen LogP contribution is 2.50. The first-order valence-corrected chi connectivity index (χ1v) is 11.1. The molecule has 34 heavy (non-hydrogen) atoms. The molecule has 3 heterocycles. The maximum atomic E-state index is 13.6. The summed E-state index contributed by atoms with van der Waals surface area (Å²) in [5.41, 5.74) is 8.49. The van der Waals surface area contributed by atoms with E-state index in [2.05, 4.69) is 15.4 Å². The van der Waals surface area contributed by atoms with Gasteiger partial charge in [-0.2, -0.15) is 5.10 Å². The largest absolute Gasteiger partial charge is 0.383 e. The molecule has 3 N–H and O–H groups in total. The second-order valence-corrected chi connectivity index (χ2v) is 9.19. The number of nitrogens with two attached hydrogens (primary N) is 1. The molecule has 172 valence electrons. The number of carbonyl (C=O) groups excluding carboxylic acids is 1. The molecule has 7 nitrogen and oxygen atoms in total. The van der Waals surface area contributed by atoms with E-state index < -0.39 is 23.3 Å². The summed E-state index contributed by atoms with van der Waals surface area (Å²) in [6.45, 7) is 2.06. The Kier molecular flexibility index (Phi) is 4.30. The number of rotatable bonds is 5. The molecule has 1 fully saturated rings. The summed E-state index contributed by atoms with van der Waals surface area (Å²) < 4.78 is 28.8. The first-order valence-electron chi connectivity index (χ1n) is 11.1. The fourth-order valence-corrected chi connectivity index (χ4v) is 5.03. The van der Waals surface area contributed by atoms with E-state index in [1.807, 2.05) is 61.5 Å². The third-order valence-electron chi connectivity index (χ3n) is 7.10. The number of aromatic nitrogens is 4. The van der Waals surface area contributed by atoms with Gasteiger partial charge >= 0.3 is 0 Å². The van der Waals surface area contributed by atoms with Gasteiger partial charge in [0.2, 0.25) is 0 Å². The van der Waals surface area contributed by atoms with Crippen LogP contribution in [0, 0.1) is 5.92 Å². The third-order valence-corrected chi connectivity index (χ3v) is 7.10. The van der Waals surface area contributed by atoms with Crippen molar-refractivity contribution >= 4 is 28.8 Å². The lowest BCUT2D eigenvalue weighted by Gasteiger charge is -2.29. The average Bonchev–Trinajstić information content (AvgIpc) is 3.15. The highest BCUT2D eigenvalue weighted by molar-refractivity contribution is 5.92. The Bertz CT molecular complexity index is 1440. The first kappa shape index (κ1) is 20.7. The average molecular weight is 460 g/mol. The van der Waals surface area contributed by atoms with Crippen molar-refractivity contribution in [3.63, 3.8) is 0 Å². The Labute approximate surface area is 194 Å². The number of para-hydroxylation sites is 1. The van der Waals surface area contributed by atoms with Gasteiger partial charge in [0.05, 0.1) is 23.5 Å². The number of hydrogen-bond donors (Lipinski definition) is 2. The minimum absolute atomic E-state index is 0.117. The number of alkyl halides is 2. The molecule has 2 aromatic heterocycles. The van der Waals surface area contributed by atoms with Crippen LogP contribution in [-0.2, 0) is 16.8 Å². The molecule has 6 rings (SSSR count). The van der Waals surface area contributed by atoms with Crippen LogP contribution >= 0.6 is 0 Å². The number of fused-ring (bicyclic) bond motifs is 2. The van der Waals surface area contributed by atoms with Gasteiger partial charge in [-0.1, -0.05) is 48.5 Å². The van der Waals surface area contributed by atoms with Crippen LogP contribution in [0.15, 0.2) is 54.6 Å². The summed E-state index contributed by atoms with van der Waals surface area (Å²) in [6, 6.07) is 16.5. The van der Waals surface area contributed by atoms with Crippen LogP contribution < -0.4 is 11.1 Å². The van der Waals surface area contributed by atoms with Gasteiger partial charge in [0, 0.05) is 23.3 Å². The molecule has 3 atom stereocenters. The summed E-state index contributed by atoms with van der Waals surface area (Å²) in [5, 5.41) is 8.56. The minimum Gasteiger partial charge on any atom is -0.383 e. The molecule has 0 bridgehead atoms. The molecular weight excluding hydrogens is 438 g/mol. The summed E-state index contributed by atoms with van der Waals surface area (Å²) >= 11 is 0. The summed E-state index contributed by atoms with van der Waals surface area (Å²) in [7, 11) is 0. The molecule has 3 unspecified atom stereocenters. The predicted octanol–water partition coefficient (Wildman–Crippen LogP) is 4.03. The molecule has 2 aromatic carbocycles. The Hall–Kier alpha value is -3.88. The van der Waals surface area contributed by atoms with E-state index in [0.717, 1.165) is 22.8 Å². The lowest BCUT2D eigenvalue weighted by Crippen LogP contribution is -2.38. The predicted molar refractivity (Wildman–Crippen MR) is 125 cm³/mol. The van der Waals surface area contributed by atoms with Crippen molar-refractivity contribution in [1.29, 1.82) is 0 Å². The quantitative estimate of drug-likeness (QED) is 0.437. The molecule has 0 spiro atoms. The number of hydrogen-bond acceptors (Lipinski definition) is 6. The van der Waals surface area contributed by atoms with Gasteiger partial charge in [0.15, 0.2) is 5.82 Å². The van der Waals surface area contributed by atoms with E-state index in [4.69, 9.17) is 10.7 Å². The Morgan fingerprint density at radius 1 is 1.15 bits per heavy atom. The molecule has 9 heteroatoms. The van der Waals surface area contributed by atoms with Crippen molar-refractivity contribution in [3.05, 3.63) is 65.7 Å². The van der Waals surface area contributed by atoms with Gasteiger partial charge in [0.1, 0.15) is 23.6 Å². The topological polar surface area (TPSA) is 98.7 Å². The standard InChI is InChI=1S/C25H22F2N6O/c1-24(14-7-3-2-4-8-14)18(13-34)29-22-19(24)21(28)30-23(31-22)20-16-9-5-6-10-17(16)33(32-20)12-15-11-25(15,26)27/h2-10,13,15,18H,11-12H2,1H3,(H3,28,29,30,31). The molecule has 0 radical (unpaired) electrons. The second-order valence-electron chi connectivity index (χ2n) is 9.19. The van der Waals surface area contributed by atoms with Crippen molar-refractivity contribution in [2.45, 2.75) is 37.3 Å². The van der Waals surface area contributed by atoms with E-state index in [1.54, 1.807) is 4.68 Å². The first-order chi connectivity index (χ1) is 16.3. The molecule has 1 aliphatic heterocycles. The van der Waals surface area contributed by atoms with Gasteiger partial charge in [-0.3, -0.25) is 4.68 Å². The van der Waals surface area contributed by atoms with E-state index in [0.29, 0.717) is 17.1 Å². The van der Waals surface area contributed by atoms with Gasteiger partial charge in [-0.25, -0.2) is 18.7 Å². The van der Waals surface area contributed by atoms with Gasteiger partial charge in [-0.05, 0) is 18.6 Å². The Balaban J connectivity index is 1.48. The zero-order valence-corrected chi connectivity index (χ0v) is 18.4. The fourth-order valence-electron chi connectivity index (χ4n) is 5.03. The lowest BCUT2D eigenvalue weighted by atomic mass is 9.73. The van der Waals surface area contributed by atoms with Crippen molar-refractivity contribution in [2.75, 3.05) is 11.1 Å². The molecule has 0 amide bonds. The normalized spacial score (nSPS) is 24.6. The SMILES string of the molecule is CC1(c2ccccc2)c2c(N)nc(-c3nn(CC4CC4(F)F)c4ccccc34)nc2NC1C=O. The highest BCUT2D eigenvalue weighted by Gasteiger charge is 2.57. The monoisotopic (exact) mass is 460 g/mol. The van der Waals surface area contributed by atoms with E-state index in [-0.39, 0.29) is 24.6 Å². The second kappa shape index (κ2) is 7.06. The van der Waals surface area contributed by atoms with E-state index in [9.17, 15) is 13.6 Å². The fraction of sp³-hybridized carbons (Fsp3) is 0.280. The Morgan fingerprint density at radius 2 is 1.85 bits per heavy atom. The highest BCUT2D eigenvalue weighted by atomic mass is 19.3. The molecule has 4 aromatic rings. The van der Waals surface area contributed by atoms with E-state index in [1.165, 1.54) is 0 Å². The van der Waals surface area contributed by atoms with Crippen LogP contribution in [0.4, 0.5) is 20.4 Å². The van der Waals surface area contributed by atoms with Gasteiger partial charge < -0.3 is 15.8 Å². The summed E-state index contributed by atoms with van der Waals surface area (Å²) in [6.07, 6.45) is 0.724. The smallest absolute Gasteiger partial charge is 0.253 e. The van der Waals surface area contributed by atoms with Gasteiger partial charge in [0.25, 0.3) is 5.92 Å².